The molecule has 0 saturated heterocycles. The minimum atomic E-state index is -4.16. The van der Waals surface area contributed by atoms with Crippen molar-refractivity contribution < 1.29 is 40.2 Å². The number of hydrogen-bond donors (Lipinski definition) is 4. The molecule has 5 rings (SSSR count). The molecule has 0 saturated carbocycles. The summed E-state index contributed by atoms with van der Waals surface area (Å²) in [5.74, 6) is -0.364. The van der Waals surface area contributed by atoms with Crippen molar-refractivity contribution in [3.8, 4) is 11.5 Å². The maximum absolute atomic E-state index is 13.2. The predicted molar refractivity (Wildman–Crippen MR) is 216 cm³/mol. The standard InChI is InChI=1S/C39H42N6O9S2/c1-24-17-29-22-31(11-12-32(29)37(18-24)53-13-5-15-55(47,48)49)41-39(46)28-7-9-30(10-8-28)42-43-35-23-38(54-14-6-16-56(50,51)52)36(21-27(35)4)45-44-34-20-25(2)33(40)19-26(34)3/h7-12,17-23H,5-6,13-16,40H2,1-4H3,(H,41,46)(H,47,48,49)(H,50,51,52). The molecule has 0 aliphatic rings. The highest BCUT2D eigenvalue weighted by molar-refractivity contribution is 7.86. The molecule has 17 heteroatoms. The summed E-state index contributed by atoms with van der Waals surface area (Å²) < 4.78 is 74.2. The van der Waals surface area contributed by atoms with Crippen molar-refractivity contribution in [2.24, 2.45) is 20.5 Å². The number of nitrogens with zero attached hydrogens (tertiary/aromatic N) is 4. The van der Waals surface area contributed by atoms with Gasteiger partial charge in [-0.25, -0.2) is 0 Å². The normalized spacial score (nSPS) is 12.1. The van der Waals surface area contributed by atoms with Crippen LogP contribution in [-0.2, 0) is 20.2 Å². The fourth-order valence-electron chi connectivity index (χ4n) is 5.52. The number of nitrogen functional groups attached to an aromatic ring is 1. The molecule has 294 valence electrons. The van der Waals surface area contributed by atoms with E-state index in [1.165, 1.54) is 0 Å². The van der Waals surface area contributed by atoms with Crippen LogP contribution in [0.2, 0.25) is 0 Å². The van der Waals surface area contributed by atoms with E-state index < -0.39 is 31.7 Å². The molecular formula is C39H42N6O9S2. The smallest absolute Gasteiger partial charge is 0.264 e. The van der Waals surface area contributed by atoms with E-state index in [1.807, 2.05) is 58.0 Å². The zero-order chi connectivity index (χ0) is 40.6. The second-order valence-electron chi connectivity index (χ2n) is 13.2. The zero-order valence-corrected chi connectivity index (χ0v) is 32.8. The topological polar surface area (TPSA) is 232 Å². The van der Waals surface area contributed by atoms with Crippen LogP contribution in [-0.4, -0.2) is 56.6 Å². The average molecular weight is 803 g/mol. The molecular weight excluding hydrogens is 761 g/mol. The lowest BCUT2D eigenvalue weighted by atomic mass is 10.1. The van der Waals surface area contributed by atoms with Crippen LogP contribution < -0.4 is 20.5 Å². The number of nitrogens with two attached hydrogens (primary N) is 1. The van der Waals surface area contributed by atoms with Gasteiger partial charge in [-0.05, 0) is 135 Å². The molecule has 15 nitrogen and oxygen atoms in total. The number of amides is 1. The Labute approximate surface area is 325 Å². The molecule has 0 aliphatic carbocycles. The summed E-state index contributed by atoms with van der Waals surface area (Å²) in [6.45, 7) is 7.53. The minimum absolute atomic E-state index is 0.0260. The first kappa shape index (κ1) is 41.4. The number of carbonyl (C=O) groups excluding carboxylic acids is 1. The van der Waals surface area contributed by atoms with Gasteiger partial charge in [0.05, 0.1) is 41.8 Å². The van der Waals surface area contributed by atoms with Crippen LogP contribution in [0.3, 0.4) is 0 Å². The van der Waals surface area contributed by atoms with Gasteiger partial charge in [-0.3, -0.25) is 13.9 Å². The Morgan fingerprint density at radius 2 is 1.23 bits per heavy atom. The molecule has 5 aromatic rings. The van der Waals surface area contributed by atoms with Crippen LogP contribution in [0.5, 0.6) is 11.5 Å². The number of nitrogens with one attached hydrogen (secondary N) is 1. The number of ether oxygens (including phenoxy) is 2. The van der Waals surface area contributed by atoms with Crippen LogP contribution >= 0.6 is 0 Å². The fourth-order valence-corrected chi connectivity index (χ4v) is 6.48. The Morgan fingerprint density at radius 1 is 0.661 bits per heavy atom. The van der Waals surface area contributed by atoms with E-state index in [1.54, 1.807) is 48.5 Å². The van der Waals surface area contributed by atoms with Crippen molar-refractivity contribution in [3.05, 3.63) is 107 Å². The third-order valence-corrected chi connectivity index (χ3v) is 10.1. The number of aryl methyl sites for hydroxylation is 4. The van der Waals surface area contributed by atoms with E-state index in [-0.39, 0.29) is 37.7 Å². The first-order valence-corrected chi connectivity index (χ1v) is 20.6. The van der Waals surface area contributed by atoms with E-state index in [2.05, 4.69) is 25.8 Å². The maximum Gasteiger partial charge on any atom is 0.264 e. The number of fused-ring (bicyclic) bond motifs is 1. The summed E-state index contributed by atoms with van der Waals surface area (Å²) in [5, 5.41) is 22.0. The average Bonchev–Trinajstić information content (AvgIpc) is 3.12. The van der Waals surface area contributed by atoms with E-state index >= 15 is 0 Å². The van der Waals surface area contributed by atoms with Crippen molar-refractivity contribution in [3.63, 3.8) is 0 Å². The number of anilines is 2. The molecule has 0 heterocycles. The second kappa shape index (κ2) is 17.8. The summed E-state index contributed by atoms with van der Waals surface area (Å²) in [7, 11) is -8.23. The van der Waals surface area contributed by atoms with Crippen molar-refractivity contribution in [2.75, 3.05) is 35.8 Å². The summed E-state index contributed by atoms with van der Waals surface area (Å²) >= 11 is 0. The number of benzene rings is 5. The fraction of sp³-hybridized carbons (Fsp3) is 0.256. The minimum Gasteiger partial charge on any atom is -0.493 e. The van der Waals surface area contributed by atoms with Gasteiger partial charge in [-0.15, -0.1) is 5.11 Å². The molecule has 0 aliphatic heterocycles. The van der Waals surface area contributed by atoms with Crippen LogP contribution in [0.1, 0.15) is 45.5 Å². The predicted octanol–water partition coefficient (Wildman–Crippen LogP) is 9.05. The van der Waals surface area contributed by atoms with Gasteiger partial charge in [0.1, 0.15) is 17.2 Å². The number of rotatable bonds is 16. The first-order valence-electron chi connectivity index (χ1n) is 17.4. The lowest BCUT2D eigenvalue weighted by Crippen LogP contribution is -2.11. The van der Waals surface area contributed by atoms with Gasteiger partial charge < -0.3 is 20.5 Å². The van der Waals surface area contributed by atoms with Gasteiger partial charge in [0.15, 0.2) is 0 Å². The maximum atomic E-state index is 13.2. The van der Waals surface area contributed by atoms with E-state index in [4.69, 9.17) is 24.3 Å². The zero-order valence-electron chi connectivity index (χ0n) is 31.2. The largest absolute Gasteiger partial charge is 0.493 e. The van der Waals surface area contributed by atoms with Gasteiger partial charge >= 0.3 is 0 Å². The van der Waals surface area contributed by atoms with Crippen molar-refractivity contribution in [1.82, 2.24) is 0 Å². The molecule has 0 fully saturated rings. The Bertz CT molecular complexity index is 2540. The molecule has 1 amide bonds. The molecule has 0 bridgehead atoms. The van der Waals surface area contributed by atoms with Crippen LogP contribution in [0, 0.1) is 27.7 Å². The Kier molecular flexibility index (Phi) is 13.2. The summed E-state index contributed by atoms with van der Waals surface area (Å²) in [5.41, 5.74) is 12.8. The molecule has 0 radical (unpaired) electrons. The van der Waals surface area contributed by atoms with Crippen molar-refractivity contribution in [2.45, 2.75) is 40.5 Å². The van der Waals surface area contributed by atoms with E-state index in [0.29, 0.717) is 51.0 Å². The monoisotopic (exact) mass is 802 g/mol. The van der Waals surface area contributed by atoms with Crippen LogP contribution in [0.4, 0.5) is 34.1 Å². The van der Waals surface area contributed by atoms with Gasteiger partial charge in [-0.1, -0.05) is 6.07 Å². The molecule has 0 aromatic heterocycles. The highest BCUT2D eigenvalue weighted by atomic mass is 32.2. The van der Waals surface area contributed by atoms with E-state index in [0.717, 1.165) is 27.5 Å². The third kappa shape index (κ3) is 11.9. The van der Waals surface area contributed by atoms with Gasteiger partial charge in [0.25, 0.3) is 26.1 Å². The molecule has 5 N–H and O–H groups in total. The van der Waals surface area contributed by atoms with Gasteiger partial charge in [0.2, 0.25) is 0 Å². The first-order chi connectivity index (χ1) is 26.4. The second-order valence-corrected chi connectivity index (χ2v) is 16.3. The SMILES string of the molecule is Cc1cc(OCCCS(=O)(=O)O)c2ccc(NC(=O)c3ccc(N=Nc4cc(OCCCS(=O)(=O)O)c(N=Nc5cc(C)c(N)cc5C)cc4C)cc3)cc2c1. The molecule has 5 aromatic carbocycles. The number of hydrogen-bond acceptors (Lipinski definition) is 12. The third-order valence-electron chi connectivity index (χ3n) is 8.46. The quantitative estimate of drug-likeness (QED) is 0.0320. The molecule has 0 spiro atoms. The summed E-state index contributed by atoms with van der Waals surface area (Å²) in [4.78, 5) is 13.2. The molecule has 0 unspecified atom stereocenters. The highest BCUT2D eigenvalue weighted by Crippen LogP contribution is 2.38. The van der Waals surface area contributed by atoms with Crippen LogP contribution in [0.15, 0.2) is 99.3 Å². The van der Waals surface area contributed by atoms with E-state index in [9.17, 15) is 21.6 Å². The van der Waals surface area contributed by atoms with Crippen LogP contribution in [0.25, 0.3) is 10.8 Å². The summed E-state index contributed by atoms with van der Waals surface area (Å²) in [6, 6.07) is 22.7. The van der Waals surface area contributed by atoms with Crippen molar-refractivity contribution in [1.29, 1.82) is 0 Å². The Balaban J connectivity index is 1.29. The van der Waals surface area contributed by atoms with Gasteiger partial charge in [0, 0.05) is 28.4 Å². The lowest BCUT2D eigenvalue weighted by molar-refractivity contribution is 0.102. The Morgan fingerprint density at radius 3 is 1.89 bits per heavy atom. The molecule has 0 atom stereocenters. The lowest BCUT2D eigenvalue weighted by Gasteiger charge is -2.12. The number of azo groups is 2. The Hall–Kier alpha value is -5.75. The highest BCUT2D eigenvalue weighted by Gasteiger charge is 2.13. The summed E-state index contributed by atoms with van der Waals surface area (Å²) in [6.07, 6.45) is 0.172. The molecule has 56 heavy (non-hydrogen) atoms. The van der Waals surface area contributed by atoms with Crippen molar-refractivity contribution >= 4 is 71.0 Å². The number of carbonyl (C=O) groups is 1. The van der Waals surface area contributed by atoms with Gasteiger partial charge in [-0.2, -0.15) is 32.2 Å².